The summed E-state index contributed by atoms with van der Waals surface area (Å²) < 4.78 is 37.4. The Hall–Kier alpha value is -3.60. The summed E-state index contributed by atoms with van der Waals surface area (Å²) in [5.41, 5.74) is 0.881. The summed E-state index contributed by atoms with van der Waals surface area (Å²) in [5.74, 6) is -0.348. The van der Waals surface area contributed by atoms with E-state index >= 15 is 0 Å². The lowest BCUT2D eigenvalue weighted by Crippen LogP contribution is -2.41. The second-order valence-corrected chi connectivity index (χ2v) is 10.7. The van der Waals surface area contributed by atoms with Gasteiger partial charge in [0.25, 0.3) is 15.9 Å². The van der Waals surface area contributed by atoms with Gasteiger partial charge in [0.2, 0.25) is 5.91 Å². The molecule has 1 unspecified atom stereocenters. The van der Waals surface area contributed by atoms with Crippen molar-refractivity contribution in [3.63, 3.8) is 0 Å². The van der Waals surface area contributed by atoms with E-state index in [-0.39, 0.29) is 29.9 Å². The smallest absolute Gasteiger partial charge is 0.344 e. The molecule has 2 amide bonds. The third-order valence-corrected chi connectivity index (χ3v) is 7.56. The predicted octanol–water partition coefficient (Wildman–Crippen LogP) is 2.65. The zero-order valence-corrected chi connectivity index (χ0v) is 21.4. The molecular weight excluding hydrogens is 486 g/mol. The van der Waals surface area contributed by atoms with Crippen LogP contribution in [0, 0.1) is 5.92 Å². The van der Waals surface area contributed by atoms with Crippen LogP contribution in [0.5, 0.6) is 5.75 Å². The second-order valence-electron chi connectivity index (χ2n) is 8.71. The molecule has 1 N–H and O–H groups in total. The number of ether oxygens (including phenoxy) is 2. The van der Waals surface area contributed by atoms with Crippen molar-refractivity contribution in [3.8, 4) is 5.75 Å². The van der Waals surface area contributed by atoms with E-state index in [4.69, 9.17) is 9.47 Å². The largest absolute Gasteiger partial charge is 0.482 e. The summed E-state index contributed by atoms with van der Waals surface area (Å²) in [6, 6.07) is 12.0. The highest BCUT2D eigenvalue weighted by atomic mass is 32.2. The van der Waals surface area contributed by atoms with Gasteiger partial charge in [0.05, 0.1) is 10.6 Å². The van der Waals surface area contributed by atoms with Gasteiger partial charge in [-0.05, 0) is 67.3 Å². The topological polar surface area (TPSA) is 122 Å². The van der Waals surface area contributed by atoms with Crippen LogP contribution < -0.4 is 14.4 Å². The molecule has 1 atom stereocenters. The van der Waals surface area contributed by atoms with Crippen LogP contribution in [0.15, 0.2) is 53.4 Å². The lowest BCUT2D eigenvalue weighted by molar-refractivity contribution is -0.154. The van der Waals surface area contributed by atoms with Crippen molar-refractivity contribution in [1.29, 1.82) is 0 Å². The Kier molecular flexibility index (Phi) is 8.92. The van der Waals surface area contributed by atoms with Gasteiger partial charge in [0.15, 0.2) is 13.2 Å². The van der Waals surface area contributed by atoms with Gasteiger partial charge in [-0.2, -0.15) is 0 Å². The summed E-state index contributed by atoms with van der Waals surface area (Å²) in [6.07, 6.45) is 2.03. The lowest BCUT2D eigenvalue weighted by Gasteiger charge is -2.30. The number of amides is 2. The van der Waals surface area contributed by atoms with E-state index in [2.05, 4.69) is 12.2 Å². The number of piperidine rings is 1. The second kappa shape index (κ2) is 11.9. The number of nitrogens with one attached hydrogen (secondary N) is 1. The number of rotatable bonds is 9. The van der Waals surface area contributed by atoms with Gasteiger partial charge in [0.1, 0.15) is 5.75 Å². The number of hydrogen-bond acceptors (Lipinski definition) is 7. The number of hydrogen-bond donors (Lipinski definition) is 1. The molecule has 36 heavy (non-hydrogen) atoms. The molecule has 3 rings (SSSR count). The summed E-state index contributed by atoms with van der Waals surface area (Å²) in [5, 5.41) is 2.59. The Labute approximate surface area is 211 Å². The van der Waals surface area contributed by atoms with E-state index in [1.165, 1.54) is 50.4 Å². The van der Waals surface area contributed by atoms with E-state index in [0.717, 1.165) is 17.1 Å². The van der Waals surface area contributed by atoms with Crippen LogP contribution in [0.3, 0.4) is 0 Å². The number of carbonyl (C=O) groups excluding carboxylic acids is 3. The Balaban J connectivity index is 1.50. The van der Waals surface area contributed by atoms with E-state index in [1.54, 1.807) is 17.0 Å². The van der Waals surface area contributed by atoms with Crippen molar-refractivity contribution in [3.05, 3.63) is 48.5 Å². The highest BCUT2D eigenvalue weighted by Gasteiger charge is 2.23. The minimum atomic E-state index is -3.83. The highest BCUT2D eigenvalue weighted by molar-refractivity contribution is 7.92. The van der Waals surface area contributed by atoms with Gasteiger partial charge in [-0.15, -0.1) is 0 Å². The van der Waals surface area contributed by atoms with Gasteiger partial charge < -0.3 is 19.7 Å². The number of nitrogens with zero attached hydrogens (tertiary/aromatic N) is 2. The first kappa shape index (κ1) is 27.0. The van der Waals surface area contributed by atoms with Crippen LogP contribution >= 0.6 is 0 Å². The van der Waals surface area contributed by atoms with Crippen molar-refractivity contribution < 1.29 is 32.3 Å². The molecule has 1 heterocycles. The van der Waals surface area contributed by atoms with Gasteiger partial charge in [0, 0.05) is 32.7 Å². The predicted molar refractivity (Wildman–Crippen MR) is 134 cm³/mol. The third kappa shape index (κ3) is 7.20. The van der Waals surface area contributed by atoms with Crippen LogP contribution in [0.25, 0.3) is 0 Å². The zero-order chi connectivity index (χ0) is 26.3. The standard InChI is InChI=1S/C25H31N3O7S/c1-18-5-4-14-28(15-18)24(30)16-35-25(31)17-34-22-10-8-21(9-11-22)27(3)36(32,33)23-12-6-20(7-13-23)26-19(2)29/h6-13,18H,4-5,14-17H2,1-3H3,(H,26,29). The van der Waals surface area contributed by atoms with Crippen LogP contribution in [-0.4, -0.2) is 64.5 Å². The molecule has 0 radical (unpaired) electrons. The van der Waals surface area contributed by atoms with Crippen LogP contribution in [-0.2, 0) is 29.1 Å². The number of anilines is 2. The molecule has 0 aromatic heterocycles. The Morgan fingerprint density at radius 3 is 2.33 bits per heavy atom. The van der Waals surface area contributed by atoms with Crippen molar-refractivity contribution in [1.82, 2.24) is 4.90 Å². The van der Waals surface area contributed by atoms with Crippen LogP contribution in [0.1, 0.15) is 26.7 Å². The Morgan fingerprint density at radius 1 is 1.06 bits per heavy atom. The SMILES string of the molecule is CC(=O)Nc1ccc(S(=O)(=O)N(C)c2ccc(OCC(=O)OCC(=O)N3CCCC(C)C3)cc2)cc1. The molecule has 2 aromatic rings. The molecule has 2 aromatic carbocycles. The minimum Gasteiger partial charge on any atom is -0.482 e. The number of esters is 1. The molecule has 0 bridgehead atoms. The highest BCUT2D eigenvalue weighted by Crippen LogP contribution is 2.25. The fourth-order valence-electron chi connectivity index (χ4n) is 3.80. The average Bonchev–Trinajstić information content (AvgIpc) is 2.85. The number of benzene rings is 2. The molecular formula is C25H31N3O7S. The molecule has 0 aliphatic carbocycles. The summed E-state index contributed by atoms with van der Waals surface area (Å²) in [7, 11) is -2.41. The number of carbonyl (C=O) groups is 3. The van der Waals surface area contributed by atoms with Gasteiger partial charge in [-0.25, -0.2) is 13.2 Å². The van der Waals surface area contributed by atoms with Crippen molar-refractivity contribution in [2.75, 3.05) is 43.0 Å². The third-order valence-electron chi connectivity index (χ3n) is 5.76. The quantitative estimate of drug-likeness (QED) is 0.508. The summed E-state index contributed by atoms with van der Waals surface area (Å²) in [4.78, 5) is 37.1. The maximum absolute atomic E-state index is 12.9. The maximum atomic E-state index is 12.9. The molecule has 11 heteroatoms. The van der Waals surface area contributed by atoms with Gasteiger partial charge in [-0.3, -0.25) is 13.9 Å². The molecule has 1 aliphatic rings. The van der Waals surface area contributed by atoms with Crippen LogP contribution in [0.2, 0.25) is 0 Å². The van der Waals surface area contributed by atoms with E-state index < -0.39 is 16.0 Å². The molecule has 10 nitrogen and oxygen atoms in total. The molecule has 194 valence electrons. The Bertz CT molecular complexity index is 1180. The molecule has 1 aliphatic heterocycles. The van der Waals surface area contributed by atoms with Gasteiger partial charge >= 0.3 is 5.97 Å². The summed E-state index contributed by atoms with van der Waals surface area (Å²) in [6.45, 7) is 4.11. The number of sulfonamides is 1. The molecule has 0 spiro atoms. The van der Waals surface area contributed by atoms with Crippen molar-refractivity contribution in [2.45, 2.75) is 31.6 Å². The van der Waals surface area contributed by atoms with Crippen molar-refractivity contribution in [2.24, 2.45) is 5.92 Å². The molecule has 1 fully saturated rings. The van der Waals surface area contributed by atoms with Crippen molar-refractivity contribution >= 4 is 39.2 Å². The van der Waals surface area contributed by atoms with Crippen LogP contribution in [0.4, 0.5) is 11.4 Å². The van der Waals surface area contributed by atoms with E-state index in [1.807, 2.05) is 0 Å². The summed E-state index contributed by atoms with van der Waals surface area (Å²) >= 11 is 0. The maximum Gasteiger partial charge on any atom is 0.344 e. The monoisotopic (exact) mass is 517 g/mol. The fourth-order valence-corrected chi connectivity index (χ4v) is 4.99. The first-order chi connectivity index (χ1) is 17.1. The molecule has 0 saturated carbocycles. The first-order valence-corrected chi connectivity index (χ1v) is 13.0. The normalized spacial score (nSPS) is 15.6. The van der Waals surface area contributed by atoms with Gasteiger partial charge in [-0.1, -0.05) is 6.92 Å². The average molecular weight is 518 g/mol. The zero-order valence-electron chi connectivity index (χ0n) is 20.6. The lowest BCUT2D eigenvalue weighted by atomic mass is 10.0. The van der Waals surface area contributed by atoms with E-state index in [0.29, 0.717) is 36.1 Å². The minimum absolute atomic E-state index is 0.0655. The molecule has 1 saturated heterocycles. The van der Waals surface area contributed by atoms with E-state index in [9.17, 15) is 22.8 Å². The first-order valence-electron chi connectivity index (χ1n) is 11.6. The fraction of sp³-hybridized carbons (Fsp3) is 0.400. The Morgan fingerprint density at radius 2 is 1.72 bits per heavy atom. The number of likely N-dealkylation sites (tertiary alicyclic amines) is 1.